The molecule has 1 amide bonds. The number of aryl methyl sites for hydroxylation is 1. The van der Waals surface area contributed by atoms with Crippen LogP contribution in [0.2, 0.25) is 5.02 Å². The lowest BCUT2D eigenvalue weighted by Gasteiger charge is -2.08. The molecule has 0 fully saturated rings. The third-order valence-electron chi connectivity index (χ3n) is 4.34. The quantitative estimate of drug-likeness (QED) is 0.380. The number of amides is 1. The van der Waals surface area contributed by atoms with E-state index in [2.05, 4.69) is 21.4 Å². The highest BCUT2D eigenvalue weighted by molar-refractivity contribution is 7.98. The van der Waals surface area contributed by atoms with Crippen LogP contribution in [0.4, 0.5) is 0 Å². The first-order valence-corrected chi connectivity index (χ1v) is 12.2. The fraction of sp³-hybridized carbons (Fsp3) is 0.190. The van der Waals surface area contributed by atoms with Crippen molar-refractivity contribution >= 4 is 39.3 Å². The first kappa shape index (κ1) is 23.2. The van der Waals surface area contributed by atoms with Crippen LogP contribution in [-0.2, 0) is 22.2 Å². The van der Waals surface area contributed by atoms with Crippen LogP contribution >= 0.6 is 23.4 Å². The number of nitrogens with one attached hydrogen (secondary N) is 1. The van der Waals surface area contributed by atoms with Crippen molar-refractivity contribution < 1.29 is 13.2 Å². The highest BCUT2D eigenvalue weighted by atomic mass is 35.5. The number of nitrogens with zero attached hydrogens (tertiary/aromatic N) is 2. The molecule has 2 aromatic carbocycles. The van der Waals surface area contributed by atoms with Crippen molar-refractivity contribution in [3.8, 4) is 0 Å². The molecule has 1 heterocycles. The van der Waals surface area contributed by atoms with Crippen molar-refractivity contribution in [2.75, 3.05) is 6.54 Å². The van der Waals surface area contributed by atoms with Gasteiger partial charge in [-0.25, -0.2) is 23.5 Å². The molecule has 0 aliphatic carbocycles. The lowest BCUT2D eigenvalue weighted by molar-refractivity contribution is 0.0948. The van der Waals surface area contributed by atoms with Crippen LogP contribution in [0.25, 0.3) is 0 Å². The van der Waals surface area contributed by atoms with Gasteiger partial charge in [-0.3, -0.25) is 4.79 Å². The van der Waals surface area contributed by atoms with Crippen molar-refractivity contribution in [2.45, 2.75) is 29.1 Å². The lowest BCUT2D eigenvalue weighted by atomic mass is 10.1. The smallest absolute Gasteiger partial charge is 0.271 e. The highest BCUT2D eigenvalue weighted by Crippen LogP contribution is 2.22. The minimum Gasteiger partial charge on any atom is -0.350 e. The van der Waals surface area contributed by atoms with Gasteiger partial charge in [0.05, 0.1) is 16.1 Å². The lowest BCUT2D eigenvalue weighted by Crippen LogP contribution is -2.27. The molecule has 7 nitrogen and oxygen atoms in total. The molecule has 3 N–H and O–H groups in total. The third-order valence-corrected chi connectivity index (χ3v) is 6.48. The first-order valence-electron chi connectivity index (χ1n) is 9.33. The number of carbonyl (C=O) groups excluding carboxylic acids is 1. The van der Waals surface area contributed by atoms with E-state index in [1.807, 2.05) is 25.1 Å². The van der Waals surface area contributed by atoms with Crippen molar-refractivity contribution in [2.24, 2.45) is 5.14 Å². The molecule has 3 aromatic rings. The Morgan fingerprint density at radius 2 is 1.90 bits per heavy atom. The van der Waals surface area contributed by atoms with Gasteiger partial charge in [0.25, 0.3) is 5.91 Å². The topological polar surface area (TPSA) is 115 Å². The number of nitrogens with two attached hydrogens (primary N) is 1. The van der Waals surface area contributed by atoms with Crippen molar-refractivity contribution in [1.82, 2.24) is 15.3 Å². The minimum absolute atomic E-state index is 0.0451. The van der Waals surface area contributed by atoms with E-state index < -0.39 is 15.9 Å². The Bertz CT molecular complexity index is 1190. The molecule has 1 aromatic heterocycles. The average Bonchev–Trinajstić information content (AvgIpc) is 2.73. The summed E-state index contributed by atoms with van der Waals surface area (Å²) in [5.41, 5.74) is 3.29. The Balaban J connectivity index is 1.57. The number of halogens is 1. The predicted octanol–water partition coefficient (Wildman–Crippen LogP) is 3.35. The molecular formula is C21H21ClN4O3S2. The summed E-state index contributed by atoms with van der Waals surface area (Å²) >= 11 is 7.55. The molecular weight excluding hydrogens is 456 g/mol. The summed E-state index contributed by atoms with van der Waals surface area (Å²) in [6.07, 6.45) is 1.93. The molecule has 0 bridgehead atoms. The Labute approximate surface area is 190 Å². The van der Waals surface area contributed by atoms with Crippen LogP contribution in [0.1, 0.15) is 27.2 Å². The Hall–Kier alpha value is -2.46. The van der Waals surface area contributed by atoms with E-state index in [-0.39, 0.29) is 15.6 Å². The minimum atomic E-state index is -3.72. The van der Waals surface area contributed by atoms with E-state index in [0.29, 0.717) is 23.9 Å². The normalized spacial score (nSPS) is 11.3. The van der Waals surface area contributed by atoms with Crippen molar-refractivity contribution in [3.05, 3.63) is 82.1 Å². The van der Waals surface area contributed by atoms with E-state index in [1.165, 1.54) is 35.7 Å². The van der Waals surface area contributed by atoms with Crippen LogP contribution in [0, 0.1) is 6.92 Å². The summed E-state index contributed by atoms with van der Waals surface area (Å²) in [5, 5.41) is 8.51. The zero-order chi connectivity index (χ0) is 22.4. The number of carbonyl (C=O) groups is 1. The fourth-order valence-corrected chi connectivity index (χ4v) is 4.23. The van der Waals surface area contributed by atoms with Crippen LogP contribution < -0.4 is 10.5 Å². The number of rotatable bonds is 8. The number of sulfonamides is 1. The van der Waals surface area contributed by atoms with Gasteiger partial charge in [-0.05, 0) is 36.6 Å². The number of aromatic nitrogens is 2. The summed E-state index contributed by atoms with van der Waals surface area (Å²) in [7, 11) is -3.72. The second-order valence-corrected chi connectivity index (χ2v) is 9.73. The molecule has 0 aliphatic heterocycles. The van der Waals surface area contributed by atoms with Crippen LogP contribution in [0.3, 0.4) is 0 Å². The summed E-state index contributed by atoms with van der Waals surface area (Å²) < 4.78 is 22.6. The summed E-state index contributed by atoms with van der Waals surface area (Å²) in [6.45, 7) is 2.36. The number of primary sulfonamides is 1. The Kier molecular flexibility index (Phi) is 7.66. The van der Waals surface area contributed by atoms with Crippen molar-refractivity contribution in [3.63, 3.8) is 0 Å². The maximum atomic E-state index is 12.5. The standard InChI is InChI=1S/C21H21ClN4O3S2/c1-14-3-2-4-16(11-14)13-30-21-25-12-18(22)19(26-21)20(27)24-10-9-15-5-7-17(8-6-15)31(23,28)29/h2-8,11-12H,9-10,13H2,1H3,(H,24,27)(H2,23,28,29). The number of benzene rings is 2. The molecule has 0 saturated carbocycles. The summed E-state index contributed by atoms with van der Waals surface area (Å²) in [6, 6.07) is 14.3. The van der Waals surface area contributed by atoms with E-state index in [4.69, 9.17) is 16.7 Å². The SMILES string of the molecule is Cc1cccc(CSc2ncc(Cl)c(C(=O)NCCc3ccc(S(N)(=O)=O)cc3)n2)c1. The second kappa shape index (κ2) is 10.2. The summed E-state index contributed by atoms with van der Waals surface area (Å²) in [5.74, 6) is 0.282. The van der Waals surface area contributed by atoms with Gasteiger partial charge in [0.15, 0.2) is 10.9 Å². The first-order chi connectivity index (χ1) is 14.7. The van der Waals surface area contributed by atoms with E-state index in [0.717, 1.165) is 11.1 Å². The van der Waals surface area contributed by atoms with E-state index in [1.54, 1.807) is 12.1 Å². The number of hydrogen-bond acceptors (Lipinski definition) is 6. The number of thioether (sulfide) groups is 1. The molecule has 0 aliphatic rings. The zero-order valence-corrected chi connectivity index (χ0v) is 19.1. The molecule has 0 saturated heterocycles. The maximum Gasteiger partial charge on any atom is 0.271 e. The highest BCUT2D eigenvalue weighted by Gasteiger charge is 2.14. The predicted molar refractivity (Wildman–Crippen MR) is 122 cm³/mol. The van der Waals surface area contributed by atoms with Gasteiger partial charge in [-0.2, -0.15) is 0 Å². The maximum absolute atomic E-state index is 12.5. The van der Waals surface area contributed by atoms with Crippen LogP contribution in [0.15, 0.2) is 64.8 Å². The van der Waals surface area contributed by atoms with E-state index >= 15 is 0 Å². The second-order valence-electron chi connectivity index (χ2n) is 6.82. The molecule has 0 spiro atoms. The molecule has 162 valence electrons. The molecule has 0 atom stereocenters. The summed E-state index contributed by atoms with van der Waals surface area (Å²) in [4.78, 5) is 21.1. The Morgan fingerprint density at radius 1 is 1.16 bits per heavy atom. The van der Waals surface area contributed by atoms with Crippen LogP contribution in [-0.4, -0.2) is 30.8 Å². The van der Waals surface area contributed by atoms with Gasteiger partial charge in [-0.15, -0.1) is 0 Å². The molecule has 10 heteroatoms. The average molecular weight is 477 g/mol. The number of hydrogen-bond donors (Lipinski definition) is 2. The van der Waals surface area contributed by atoms with Crippen molar-refractivity contribution in [1.29, 1.82) is 0 Å². The zero-order valence-electron chi connectivity index (χ0n) is 16.7. The van der Waals surface area contributed by atoms with Gasteiger partial charge in [0, 0.05) is 12.3 Å². The largest absolute Gasteiger partial charge is 0.350 e. The van der Waals surface area contributed by atoms with Gasteiger partial charge in [-0.1, -0.05) is 65.3 Å². The van der Waals surface area contributed by atoms with Gasteiger partial charge in [0.2, 0.25) is 10.0 Å². The third kappa shape index (κ3) is 6.76. The molecule has 3 rings (SSSR count). The van der Waals surface area contributed by atoms with Gasteiger partial charge >= 0.3 is 0 Å². The van der Waals surface area contributed by atoms with E-state index in [9.17, 15) is 13.2 Å². The fourth-order valence-electron chi connectivity index (χ4n) is 2.78. The van der Waals surface area contributed by atoms with Gasteiger partial charge in [0.1, 0.15) is 0 Å². The molecule has 31 heavy (non-hydrogen) atoms. The van der Waals surface area contributed by atoms with Gasteiger partial charge < -0.3 is 5.32 Å². The monoisotopic (exact) mass is 476 g/mol. The molecule has 0 unspecified atom stereocenters. The Morgan fingerprint density at radius 3 is 2.58 bits per heavy atom. The molecule has 0 radical (unpaired) electrons. The van der Waals surface area contributed by atoms with Crippen LogP contribution in [0.5, 0.6) is 0 Å².